The van der Waals surface area contributed by atoms with Crippen molar-refractivity contribution in [3.05, 3.63) is 35.9 Å². The smallest absolute Gasteiger partial charge is 0.227 e. The van der Waals surface area contributed by atoms with Gasteiger partial charge in [0, 0.05) is 25.4 Å². The van der Waals surface area contributed by atoms with Crippen LogP contribution in [0.15, 0.2) is 35.5 Å². The average molecular weight is 246 g/mol. The third-order valence-electron chi connectivity index (χ3n) is 3.38. The first-order valence-corrected chi connectivity index (χ1v) is 6.23. The second-order valence-electron chi connectivity index (χ2n) is 4.74. The number of benzene rings is 1. The Bertz CT molecular complexity index is 442. The van der Waals surface area contributed by atoms with E-state index < -0.39 is 0 Å². The highest BCUT2D eigenvalue weighted by Crippen LogP contribution is 2.15. The number of likely N-dealkylation sites (tertiary alicyclic amines) is 1. The van der Waals surface area contributed by atoms with E-state index in [1.165, 1.54) is 0 Å². The Hall–Kier alpha value is -1.84. The molecule has 96 valence electrons. The van der Waals surface area contributed by atoms with Gasteiger partial charge in [0.05, 0.1) is 12.1 Å². The molecule has 1 fully saturated rings. The topological polar surface area (TPSA) is 52.9 Å². The fourth-order valence-electron chi connectivity index (χ4n) is 2.28. The van der Waals surface area contributed by atoms with Crippen LogP contribution in [0.2, 0.25) is 0 Å². The minimum Gasteiger partial charge on any atom is -0.411 e. The van der Waals surface area contributed by atoms with Gasteiger partial charge in [0.15, 0.2) is 0 Å². The predicted octanol–water partition coefficient (Wildman–Crippen LogP) is 1.93. The van der Waals surface area contributed by atoms with Crippen molar-refractivity contribution in [2.75, 3.05) is 13.1 Å². The zero-order valence-electron chi connectivity index (χ0n) is 10.5. The number of piperidine rings is 1. The standard InChI is InChI=1S/C14H18N2O2/c1-11-10-16(8-7-13(11)15-18)14(17)9-12-5-3-2-4-6-12/h2-6,11,18H,7-10H2,1H3/b15-13+. The molecule has 1 aliphatic heterocycles. The van der Waals surface area contributed by atoms with Crippen LogP contribution < -0.4 is 0 Å². The van der Waals surface area contributed by atoms with Crippen molar-refractivity contribution in [3.63, 3.8) is 0 Å². The molecule has 1 amide bonds. The van der Waals surface area contributed by atoms with Crippen LogP contribution in [-0.4, -0.2) is 34.8 Å². The first-order chi connectivity index (χ1) is 8.70. The Balaban J connectivity index is 1.95. The van der Waals surface area contributed by atoms with Gasteiger partial charge < -0.3 is 10.1 Å². The largest absolute Gasteiger partial charge is 0.411 e. The van der Waals surface area contributed by atoms with Gasteiger partial charge in [-0.05, 0) is 5.56 Å². The molecule has 1 aliphatic rings. The van der Waals surface area contributed by atoms with Gasteiger partial charge in [0.25, 0.3) is 0 Å². The second-order valence-corrected chi connectivity index (χ2v) is 4.74. The summed E-state index contributed by atoms with van der Waals surface area (Å²) in [5.74, 6) is 0.286. The molecule has 4 nitrogen and oxygen atoms in total. The van der Waals surface area contributed by atoms with E-state index in [0.29, 0.717) is 25.9 Å². The van der Waals surface area contributed by atoms with Crippen LogP contribution in [0.5, 0.6) is 0 Å². The summed E-state index contributed by atoms with van der Waals surface area (Å²) in [6.45, 7) is 3.28. The zero-order valence-corrected chi connectivity index (χ0v) is 10.5. The molecule has 1 unspecified atom stereocenters. The molecule has 0 spiro atoms. The molecule has 0 saturated carbocycles. The summed E-state index contributed by atoms with van der Waals surface area (Å²) in [7, 11) is 0. The Morgan fingerprint density at radius 2 is 2.17 bits per heavy atom. The summed E-state index contributed by atoms with van der Waals surface area (Å²) in [6, 6.07) is 9.76. The van der Waals surface area contributed by atoms with E-state index in [4.69, 9.17) is 5.21 Å². The maximum atomic E-state index is 12.1. The maximum absolute atomic E-state index is 12.1. The normalized spacial score (nSPS) is 22.2. The van der Waals surface area contributed by atoms with Crippen LogP contribution in [0.3, 0.4) is 0 Å². The van der Waals surface area contributed by atoms with Gasteiger partial charge in [0.1, 0.15) is 0 Å². The van der Waals surface area contributed by atoms with Crippen molar-refractivity contribution in [2.45, 2.75) is 19.8 Å². The van der Waals surface area contributed by atoms with Gasteiger partial charge in [-0.25, -0.2) is 0 Å². The number of amides is 1. The summed E-state index contributed by atoms with van der Waals surface area (Å²) in [6.07, 6.45) is 1.11. The Morgan fingerprint density at radius 1 is 1.44 bits per heavy atom. The van der Waals surface area contributed by atoms with Gasteiger partial charge in [-0.3, -0.25) is 4.79 Å². The molecule has 1 aromatic carbocycles. The zero-order chi connectivity index (χ0) is 13.0. The van der Waals surface area contributed by atoms with Gasteiger partial charge in [0.2, 0.25) is 5.91 Å². The monoisotopic (exact) mass is 246 g/mol. The molecule has 1 N–H and O–H groups in total. The van der Waals surface area contributed by atoms with Gasteiger partial charge in [-0.1, -0.05) is 42.4 Å². The molecule has 2 rings (SSSR count). The van der Waals surface area contributed by atoms with E-state index in [0.717, 1.165) is 11.3 Å². The average Bonchev–Trinajstić information content (AvgIpc) is 2.39. The fourth-order valence-corrected chi connectivity index (χ4v) is 2.28. The lowest BCUT2D eigenvalue weighted by molar-refractivity contribution is -0.131. The van der Waals surface area contributed by atoms with E-state index in [1.807, 2.05) is 42.2 Å². The van der Waals surface area contributed by atoms with E-state index in [1.54, 1.807) is 0 Å². The lowest BCUT2D eigenvalue weighted by atomic mass is 9.97. The summed E-state index contributed by atoms with van der Waals surface area (Å²) >= 11 is 0. The van der Waals surface area contributed by atoms with Gasteiger partial charge in [-0.2, -0.15) is 0 Å². The van der Waals surface area contributed by atoms with E-state index in [-0.39, 0.29) is 11.8 Å². The molecule has 18 heavy (non-hydrogen) atoms. The molecule has 0 aliphatic carbocycles. The number of hydrogen-bond acceptors (Lipinski definition) is 3. The second kappa shape index (κ2) is 5.67. The number of nitrogens with zero attached hydrogens (tertiary/aromatic N) is 2. The number of rotatable bonds is 2. The lowest BCUT2D eigenvalue weighted by Crippen LogP contribution is -2.43. The highest BCUT2D eigenvalue weighted by Gasteiger charge is 2.25. The van der Waals surface area contributed by atoms with Gasteiger partial charge in [-0.15, -0.1) is 0 Å². The lowest BCUT2D eigenvalue weighted by Gasteiger charge is -2.31. The number of oxime groups is 1. The summed E-state index contributed by atoms with van der Waals surface area (Å²) in [5.41, 5.74) is 1.83. The molecular weight excluding hydrogens is 228 g/mol. The number of hydrogen-bond donors (Lipinski definition) is 1. The third-order valence-corrected chi connectivity index (χ3v) is 3.38. The Kier molecular flexibility index (Phi) is 3.97. The molecule has 1 heterocycles. The van der Waals surface area contributed by atoms with E-state index in [9.17, 15) is 4.79 Å². The number of carbonyl (C=O) groups excluding carboxylic acids is 1. The van der Waals surface area contributed by atoms with E-state index in [2.05, 4.69) is 5.16 Å². The molecule has 1 saturated heterocycles. The molecule has 1 aromatic rings. The summed E-state index contributed by atoms with van der Waals surface area (Å²) in [5, 5.41) is 12.1. The predicted molar refractivity (Wildman–Crippen MR) is 69.7 cm³/mol. The van der Waals surface area contributed by atoms with Crippen molar-refractivity contribution in [1.82, 2.24) is 4.90 Å². The molecule has 4 heteroatoms. The highest BCUT2D eigenvalue weighted by atomic mass is 16.4. The van der Waals surface area contributed by atoms with Crippen molar-refractivity contribution in [2.24, 2.45) is 11.1 Å². The molecule has 0 radical (unpaired) electrons. The van der Waals surface area contributed by atoms with Crippen LogP contribution in [0.4, 0.5) is 0 Å². The molecule has 0 aromatic heterocycles. The third kappa shape index (κ3) is 2.88. The van der Waals surface area contributed by atoms with Crippen molar-refractivity contribution in [3.8, 4) is 0 Å². The van der Waals surface area contributed by atoms with Crippen LogP contribution in [-0.2, 0) is 11.2 Å². The fraction of sp³-hybridized carbons (Fsp3) is 0.429. The highest BCUT2D eigenvalue weighted by molar-refractivity contribution is 5.89. The number of carbonyl (C=O) groups is 1. The minimum absolute atomic E-state index is 0.142. The summed E-state index contributed by atoms with van der Waals surface area (Å²) in [4.78, 5) is 14.0. The quantitative estimate of drug-likeness (QED) is 0.640. The van der Waals surface area contributed by atoms with Crippen molar-refractivity contribution in [1.29, 1.82) is 0 Å². The van der Waals surface area contributed by atoms with Crippen molar-refractivity contribution < 1.29 is 10.0 Å². The maximum Gasteiger partial charge on any atom is 0.227 e. The molecule has 0 bridgehead atoms. The molecule has 1 atom stereocenters. The SMILES string of the molecule is CC1CN(C(=O)Cc2ccccc2)CC/C1=N\O. The first kappa shape index (κ1) is 12.6. The first-order valence-electron chi connectivity index (χ1n) is 6.23. The van der Waals surface area contributed by atoms with E-state index >= 15 is 0 Å². The Labute approximate surface area is 107 Å². The van der Waals surface area contributed by atoms with Crippen LogP contribution in [0, 0.1) is 5.92 Å². The van der Waals surface area contributed by atoms with Crippen LogP contribution in [0.25, 0.3) is 0 Å². The van der Waals surface area contributed by atoms with Crippen LogP contribution in [0.1, 0.15) is 18.9 Å². The minimum atomic E-state index is 0.142. The Morgan fingerprint density at radius 3 is 2.78 bits per heavy atom. The summed E-state index contributed by atoms with van der Waals surface area (Å²) < 4.78 is 0. The molecular formula is C14H18N2O2. The van der Waals surface area contributed by atoms with Crippen LogP contribution >= 0.6 is 0 Å². The van der Waals surface area contributed by atoms with Crippen molar-refractivity contribution >= 4 is 11.6 Å². The van der Waals surface area contributed by atoms with Gasteiger partial charge >= 0.3 is 0 Å².